The Morgan fingerprint density at radius 3 is 2.65 bits per heavy atom. The molecule has 1 heterocycles. The molecule has 108 valence electrons. The molecule has 0 radical (unpaired) electrons. The van der Waals surface area contributed by atoms with Crippen LogP contribution in [0.3, 0.4) is 0 Å². The number of amides is 2. The van der Waals surface area contributed by atoms with Gasteiger partial charge in [0.25, 0.3) is 0 Å². The second-order valence-corrected chi connectivity index (χ2v) is 5.93. The maximum Gasteiger partial charge on any atom is 0.322 e. The predicted octanol–water partition coefficient (Wildman–Crippen LogP) is 2.82. The van der Waals surface area contributed by atoms with Crippen LogP contribution >= 0.6 is 0 Å². The predicted molar refractivity (Wildman–Crippen MR) is 79.1 cm³/mol. The average Bonchev–Trinajstić information content (AvgIpc) is 2.85. The van der Waals surface area contributed by atoms with Crippen molar-refractivity contribution < 1.29 is 9.53 Å². The Labute approximate surface area is 120 Å². The van der Waals surface area contributed by atoms with Gasteiger partial charge in [0.05, 0.1) is 12.2 Å². The first-order valence-corrected chi connectivity index (χ1v) is 7.45. The first-order valence-electron chi connectivity index (χ1n) is 7.45. The van der Waals surface area contributed by atoms with Crippen LogP contribution in [0.4, 0.5) is 10.5 Å². The smallest absolute Gasteiger partial charge is 0.322 e. The number of nitrogens with one attached hydrogen (secondary N) is 1. The summed E-state index contributed by atoms with van der Waals surface area (Å²) in [5, 5.41) is 3.01. The third-order valence-corrected chi connectivity index (χ3v) is 4.06. The number of morpholine rings is 1. The molecule has 4 heteroatoms. The highest BCUT2D eigenvalue weighted by molar-refractivity contribution is 5.89. The number of hydrogen-bond acceptors (Lipinski definition) is 2. The molecule has 4 nitrogen and oxygen atoms in total. The van der Waals surface area contributed by atoms with E-state index in [4.69, 9.17) is 4.74 Å². The summed E-state index contributed by atoms with van der Waals surface area (Å²) < 4.78 is 5.66. The molecule has 1 aliphatic heterocycles. The van der Waals surface area contributed by atoms with Crippen molar-refractivity contribution in [2.75, 3.05) is 18.4 Å². The molecular weight excluding hydrogens is 252 g/mol. The fraction of sp³-hybridized carbons (Fsp3) is 0.562. The highest BCUT2D eigenvalue weighted by Gasteiger charge is 2.26. The van der Waals surface area contributed by atoms with Crippen molar-refractivity contribution in [3.05, 3.63) is 29.3 Å². The number of benzene rings is 1. The summed E-state index contributed by atoms with van der Waals surface area (Å²) in [5.41, 5.74) is 3.71. The quantitative estimate of drug-likeness (QED) is 0.855. The fourth-order valence-electron chi connectivity index (χ4n) is 3.20. The van der Waals surface area contributed by atoms with Gasteiger partial charge in [-0.05, 0) is 56.4 Å². The molecule has 1 saturated heterocycles. The van der Waals surface area contributed by atoms with Crippen LogP contribution in [-0.4, -0.2) is 36.2 Å². The summed E-state index contributed by atoms with van der Waals surface area (Å²) >= 11 is 0. The van der Waals surface area contributed by atoms with Gasteiger partial charge in [-0.3, -0.25) is 0 Å². The monoisotopic (exact) mass is 274 g/mol. The van der Waals surface area contributed by atoms with Crippen LogP contribution in [0.15, 0.2) is 18.2 Å². The maximum absolute atomic E-state index is 12.3. The van der Waals surface area contributed by atoms with E-state index in [1.807, 2.05) is 24.8 Å². The van der Waals surface area contributed by atoms with Gasteiger partial charge < -0.3 is 15.0 Å². The van der Waals surface area contributed by atoms with Gasteiger partial charge in [-0.15, -0.1) is 0 Å². The van der Waals surface area contributed by atoms with Gasteiger partial charge in [0.1, 0.15) is 0 Å². The first kappa shape index (κ1) is 13.4. The highest BCUT2D eigenvalue weighted by Crippen LogP contribution is 2.25. The zero-order valence-corrected chi connectivity index (χ0v) is 12.2. The lowest BCUT2D eigenvalue weighted by molar-refractivity contribution is -0.0530. The standard InChI is InChI=1S/C16H22N2O2/c1-11-9-18(10-12(2)20-11)16(19)17-15-7-6-13-4-3-5-14(13)8-15/h6-8,11-12H,3-5,9-10H2,1-2H3,(H,17,19)/t11-,12+. The van der Waals surface area contributed by atoms with E-state index in [0.29, 0.717) is 13.1 Å². The Morgan fingerprint density at radius 1 is 1.20 bits per heavy atom. The molecule has 1 aliphatic carbocycles. The number of hydrogen-bond donors (Lipinski definition) is 1. The number of aryl methyl sites for hydroxylation is 2. The highest BCUT2D eigenvalue weighted by atomic mass is 16.5. The summed E-state index contributed by atoms with van der Waals surface area (Å²) in [4.78, 5) is 14.2. The Morgan fingerprint density at radius 2 is 1.90 bits per heavy atom. The fourth-order valence-corrected chi connectivity index (χ4v) is 3.20. The van der Waals surface area contributed by atoms with Crippen molar-refractivity contribution in [3.8, 4) is 0 Å². The number of rotatable bonds is 1. The van der Waals surface area contributed by atoms with E-state index in [1.165, 1.54) is 24.0 Å². The van der Waals surface area contributed by atoms with Crippen molar-refractivity contribution >= 4 is 11.7 Å². The van der Waals surface area contributed by atoms with Crippen LogP contribution in [0.2, 0.25) is 0 Å². The second kappa shape index (κ2) is 5.44. The Hall–Kier alpha value is -1.55. The molecule has 20 heavy (non-hydrogen) atoms. The number of nitrogens with zero attached hydrogens (tertiary/aromatic N) is 1. The number of ether oxygens (including phenoxy) is 1. The van der Waals surface area contributed by atoms with E-state index in [9.17, 15) is 4.79 Å². The summed E-state index contributed by atoms with van der Waals surface area (Å²) in [7, 11) is 0. The minimum absolute atomic E-state index is 0.0232. The normalized spacial score (nSPS) is 25.4. The van der Waals surface area contributed by atoms with E-state index in [0.717, 1.165) is 12.1 Å². The Kier molecular flexibility index (Phi) is 3.66. The molecular formula is C16H22N2O2. The Balaban J connectivity index is 1.66. The number of anilines is 1. The topological polar surface area (TPSA) is 41.6 Å². The molecule has 2 atom stereocenters. The van der Waals surface area contributed by atoms with E-state index in [2.05, 4.69) is 17.4 Å². The van der Waals surface area contributed by atoms with E-state index < -0.39 is 0 Å². The van der Waals surface area contributed by atoms with Gasteiger partial charge in [0.2, 0.25) is 0 Å². The zero-order chi connectivity index (χ0) is 14.1. The summed E-state index contributed by atoms with van der Waals surface area (Å²) in [5.74, 6) is 0. The van der Waals surface area contributed by atoms with Crippen molar-refractivity contribution in [2.45, 2.75) is 45.3 Å². The molecule has 2 aliphatic rings. The van der Waals surface area contributed by atoms with E-state index >= 15 is 0 Å². The number of carbonyl (C=O) groups is 1. The molecule has 0 spiro atoms. The zero-order valence-electron chi connectivity index (χ0n) is 12.2. The van der Waals surface area contributed by atoms with Crippen LogP contribution in [0.1, 0.15) is 31.4 Å². The molecule has 1 N–H and O–H groups in total. The lowest BCUT2D eigenvalue weighted by atomic mass is 10.1. The summed E-state index contributed by atoms with van der Waals surface area (Å²) in [6.45, 7) is 5.32. The van der Waals surface area contributed by atoms with E-state index in [-0.39, 0.29) is 18.2 Å². The minimum atomic E-state index is -0.0232. The van der Waals surface area contributed by atoms with Crippen LogP contribution in [0.25, 0.3) is 0 Å². The second-order valence-electron chi connectivity index (χ2n) is 5.93. The molecule has 1 aromatic carbocycles. The number of carbonyl (C=O) groups excluding carboxylic acids is 1. The van der Waals surface area contributed by atoms with E-state index in [1.54, 1.807) is 0 Å². The molecule has 0 bridgehead atoms. The van der Waals surface area contributed by atoms with Crippen LogP contribution in [-0.2, 0) is 17.6 Å². The van der Waals surface area contributed by atoms with Gasteiger partial charge in [-0.2, -0.15) is 0 Å². The summed E-state index contributed by atoms with van der Waals surface area (Å²) in [6, 6.07) is 6.25. The molecule has 1 fully saturated rings. The van der Waals surface area contributed by atoms with Crippen LogP contribution in [0.5, 0.6) is 0 Å². The largest absolute Gasteiger partial charge is 0.372 e. The maximum atomic E-state index is 12.3. The van der Waals surface area contributed by atoms with Gasteiger partial charge in [-0.1, -0.05) is 6.07 Å². The van der Waals surface area contributed by atoms with Crippen molar-refractivity contribution in [2.24, 2.45) is 0 Å². The SMILES string of the molecule is C[C@@H]1CN(C(=O)Nc2ccc3c(c2)CCC3)C[C@H](C)O1. The first-order chi connectivity index (χ1) is 9.61. The van der Waals surface area contributed by atoms with Crippen LogP contribution in [0, 0.1) is 0 Å². The van der Waals surface area contributed by atoms with Crippen LogP contribution < -0.4 is 5.32 Å². The van der Waals surface area contributed by atoms with Gasteiger partial charge in [0, 0.05) is 18.8 Å². The van der Waals surface area contributed by atoms with Crippen molar-refractivity contribution in [1.29, 1.82) is 0 Å². The number of urea groups is 1. The van der Waals surface area contributed by atoms with Crippen molar-refractivity contribution in [1.82, 2.24) is 4.90 Å². The summed E-state index contributed by atoms with van der Waals surface area (Å²) in [6.07, 6.45) is 3.73. The third kappa shape index (κ3) is 2.80. The number of fused-ring (bicyclic) bond motifs is 1. The van der Waals surface area contributed by atoms with Gasteiger partial charge >= 0.3 is 6.03 Å². The molecule has 0 unspecified atom stereocenters. The lowest BCUT2D eigenvalue weighted by Gasteiger charge is -2.35. The van der Waals surface area contributed by atoms with Crippen molar-refractivity contribution in [3.63, 3.8) is 0 Å². The molecule has 0 aromatic heterocycles. The molecule has 3 rings (SSSR count). The average molecular weight is 274 g/mol. The third-order valence-electron chi connectivity index (χ3n) is 4.06. The molecule has 1 aromatic rings. The Bertz CT molecular complexity index is 505. The van der Waals surface area contributed by atoms with Gasteiger partial charge in [0.15, 0.2) is 0 Å². The molecule has 0 saturated carbocycles. The van der Waals surface area contributed by atoms with Gasteiger partial charge in [-0.25, -0.2) is 4.79 Å². The molecule has 2 amide bonds. The minimum Gasteiger partial charge on any atom is -0.372 e. The lowest BCUT2D eigenvalue weighted by Crippen LogP contribution is -2.49.